The fraction of sp³-hybridized carbons (Fsp3) is 0.125. The van der Waals surface area contributed by atoms with Gasteiger partial charge in [0.1, 0.15) is 11.5 Å². The van der Waals surface area contributed by atoms with Crippen molar-refractivity contribution in [1.82, 2.24) is 0 Å². The van der Waals surface area contributed by atoms with Gasteiger partial charge in [-0.2, -0.15) is 0 Å². The molecular formula is C16H13ClO5. The molecule has 0 spiro atoms. The minimum absolute atomic E-state index is 0.153. The number of phenols is 1. The Morgan fingerprint density at radius 2 is 1.82 bits per heavy atom. The number of phenolic OH excluding ortho intramolecular Hbond substituents is 1. The zero-order chi connectivity index (χ0) is 16.1. The fourth-order valence-corrected chi connectivity index (χ4v) is 1.99. The molecule has 0 aliphatic carbocycles. The zero-order valence-corrected chi connectivity index (χ0v) is 12.4. The summed E-state index contributed by atoms with van der Waals surface area (Å²) < 4.78 is 9.84. The number of carbonyl (C=O) groups is 2. The van der Waals surface area contributed by atoms with Gasteiger partial charge in [0, 0.05) is 30.2 Å². The molecule has 1 unspecified atom stereocenters. The van der Waals surface area contributed by atoms with E-state index in [1.54, 1.807) is 30.3 Å². The molecule has 2 aromatic carbocycles. The van der Waals surface area contributed by atoms with E-state index >= 15 is 0 Å². The Labute approximate surface area is 132 Å². The maximum Gasteiger partial charge on any atom is 0.406 e. The van der Waals surface area contributed by atoms with Gasteiger partial charge in [-0.05, 0) is 12.1 Å². The van der Waals surface area contributed by atoms with E-state index < -0.39 is 11.7 Å². The molecule has 0 heterocycles. The maximum atomic E-state index is 12.3. The van der Waals surface area contributed by atoms with Gasteiger partial charge in [0.05, 0.1) is 5.56 Å². The second kappa shape index (κ2) is 6.95. The number of benzene rings is 2. The first-order valence-electron chi connectivity index (χ1n) is 6.43. The summed E-state index contributed by atoms with van der Waals surface area (Å²) in [7, 11) is 0. The van der Waals surface area contributed by atoms with Gasteiger partial charge in [-0.3, -0.25) is 4.79 Å². The van der Waals surface area contributed by atoms with Crippen LogP contribution in [0, 0.1) is 0 Å². The lowest BCUT2D eigenvalue weighted by atomic mass is 10.0. The van der Waals surface area contributed by atoms with Crippen LogP contribution in [0.25, 0.3) is 0 Å². The summed E-state index contributed by atoms with van der Waals surface area (Å²) >= 11 is 5.07. The number of carbonyl (C=O) groups excluding carboxylic acids is 2. The standard InChI is InChI=1S/C16H13ClO5/c1-10(22-16(17)20)21-12-7-8-13(14(18)9-12)15(19)11-5-3-2-4-6-11/h2-10,18H,1H3. The summed E-state index contributed by atoms with van der Waals surface area (Å²) in [5, 5.41) is 9.98. The molecule has 1 atom stereocenters. The van der Waals surface area contributed by atoms with Crippen LogP contribution < -0.4 is 4.74 Å². The number of ketones is 1. The number of rotatable bonds is 5. The van der Waals surface area contributed by atoms with Crippen LogP contribution in [-0.2, 0) is 4.74 Å². The largest absolute Gasteiger partial charge is 0.507 e. The smallest absolute Gasteiger partial charge is 0.406 e. The SMILES string of the molecule is CC(OC(=O)Cl)Oc1ccc(C(=O)c2ccccc2)c(O)c1. The zero-order valence-electron chi connectivity index (χ0n) is 11.7. The van der Waals surface area contributed by atoms with Crippen molar-refractivity contribution in [1.29, 1.82) is 0 Å². The minimum Gasteiger partial charge on any atom is -0.507 e. The van der Waals surface area contributed by atoms with Crippen molar-refractivity contribution in [3.8, 4) is 11.5 Å². The highest BCUT2D eigenvalue weighted by atomic mass is 35.5. The molecule has 0 aliphatic rings. The minimum atomic E-state index is -0.993. The van der Waals surface area contributed by atoms with Crippen LogP contribution >= 0.6 is 11.6 Å². The Hall–Kier alpha value is -2.53. The van der Waals surface area contributed by atoms with Gasteiger partial charge in [-0.15, -0.1) is 0 Å². The fourth-order valence-electron chi connectivity index (χ4n) is 1.87. The lowest BCUT2D eigenvalue weighted by Gasteiger charge is -2.14. The van der Waals surface area contributed by atoms with Gasteiger partial charge in [0.2, 0.25) is 6.29 Å². The van der Waals surface area contributed by atoms with E-state index in [1.807, 2.05) is 0 Å². The average Bonchev–Trinajstić information content (AvgIpc) is 2.46. The predicted octanol–water partition coefficient (Wildman–Crippen LogP) is 3.72. The highest BCUT2D eigenvalue weighted by molar-refractivity contribution is 6.61. The third kappa shape index (κ3) is 3.99. The van der Waals surface area contributed by atoms with Crippen LogP contribution in [0.4, 0.5) is 4.79 Å². The summed E-state index contributed by atoms with van der Waals surface area (Å²) in [5.41, 5.74) is -0.371. The van der Waals surface area contributed by atoms with Crippen LogP contribution in [0.15, 0.2) is 48.5 Å². The van der Waals surface area contributed by atoms with E-state index in [9.17, 15) is 14.7 Å². The molecule has 114 valence electrons. The number of aromatic hydroxyl groups is 1. The van der Waals surface area contributed by atoms with E-state index in [4.69, 9.17) is 16.3 Å². The van der Waals surface area contributed by atoms with Crippen LogP contribution in [-0.4, -0.2) is 22.6 Å². The molecule has 0 saturated heterocycles. The second-order valence-corrected chi connectivity index (χ2v) is 4.72. The maximum absolute atomic E-state index is 12.3. The molecule has 0 amide bonds. The van der Waals surface area contributed by atoms with Gasteiger partial charge < -0.3 is 14.6 Å². The number of hydrogen-bond acceptors (Lipinski definition) is 5. The van der Waals surface area contributed by atoms with E-state index in [1.165, 1.54) is 25.1 Å². The molecule has 0 bridgehead atoms. The van der Waals surface area contributed by atoms with E-state index in [2.05, 4.69) is 4.74 Å². The number of hydrogen-bond donors (Lipinski definition) is 1. The molecule has 2 aromatic rings. The van der Waals surface area contributed by atoms with Crippen LogP contribution in [0.2, 0.25) is 0 Å². The van der Waals surface area contributed by atoms with Crippen LogP contribution in [0.1, 0.15) is 22.8 Å². The first-order valence-corrected chi connectivity index (χ1v) is 6.80. The Balaban J connectivity index is 2.16. The predicted molar refractivity (Wildman–Crippen MR) is 80.4 cm³/mol. The van der Waals surface area contributed by atoms with Gasteiger partial charge in [0.25, 0.3) is 0 Å². The second-order valence-electron chi connectivity index (χ2n) is 4.42. The third-order valence-corrected chi connectivity index (χ3v) is 2.90. The van der Waals surface area contributed by atoms with Crippen molar-refractivity contribution in [2.75, 3.05) is 0 Å². The first-order chi connectivity index (χ1) is 10.5. The third-order valence-electron chi connectivity index (χ3n) is 2.81. The first kappa shape index (κ1) is 15.9. The molecule has 0 aromatic heterocycles. The van der Waals surface area contributed by atoms with Crippen molar-refractivity contribution in [3.05, 3.63) is 59.7 Å². The lowest BCUT2D eigenvalue weighted by molar-refractivity contribution is -0.00665. The van der Waals surface area contributed by atoms with Crippen LogP contribution in [0.3, 0.4) is 0 Å². The van der Waals surface area contributed by atoms with Crippen molar-refractivity contribution in [3.63, 3.8) is 0 Å². The molecule has 1 N–H and O–H groups in total. The molecule has 0 aliphatic heterocycles. The molecule has 0 saturated carbocycles. The van der Waals surface area contributed by atoms with Gasteiger partial charge in [-0.1, -0.05) is 30.3 Å². The van der Waals surface area contributed by atoms with Crippen molar-refractivity contribution in [2.45, 2.75) is 13.2 Å². The quantitative estimate of drug-likeness (QED) is 0.516. The summed E-state index contributed by atoms with van der Waals surface area (Å²) in [6.07, 6.45) is -0.917. The van der Waals surface area contributed by atoms with Gasteiger partial charge in [0.15, 0.2) is 5.78 Å². The molecular weight excluding hydrogens is 308 g/mol. The molecule has 0 radical (unpaired) electrons. The summed E-state index contributed by atoms with van der Waals surface area (Å²) in [4.78, 5) is 22.8. The molecule has 2 rings (SSSR count). The van der Waals surface area contributed by atoms with E-state index in [0.717, 1.165) is 0 Å². The van der Waals surface area contributed by atoms with Crippen LogP contribution in [0.5, 0.6) is 11.5 Å². The monoisotopic (exact) mass is 320 g/mol. The highest BCUT2D eigenvalue weighted by Crippen LogP contribution is 2.26. The molecule has 0 fully saturated rings. The number of halogens is 1. The van der Waals surface area contributed by atoms with E-state index in [0.29, 0.717) is 5.56 Å². The van der Waals surface area contributed by atoms with Crippen molar-refractivity contribution in [2.24, 2.45) is 0 Å². The summed E-state index contributed by atoms with van der Waals surface area (Å²) in [6, 6.07) is 12.8. The van der Waals surface area contributed by atoms with Gasteiger partial charge >= 0.3 is 5.43 Å². The summed E-state index contributed by atoms with van der Waals surface area (Å²) in [5.74, 6) is -0.284. The average molecular weight is 321 g/mol. The normalized spacial score (nSPS) is 11.5. The number of ether oxygens (including phenoxy) is 2. The lowest BCUT2D eigenvalue weighted by Crippen LogP contribution is -2.17. The molecule has 5 nitrogen and oxygen atoms in total. The molecule has 22 heavy (non-hydrogen) atoms. The van der Waals surface area contributed by atoms with E-state index in [-0.39, 0.29) is 22.8 Å². The summed E-state index contributed by atoms with van der Waals surface area (Å²) in [6.45, 7) is 1.47. The Morgan fingerprint density at radius 3 is 2.41 bits per heavy atom. The van der Waals surface area contributed by atoms with Crippen molar-refractivity contribution >= 4 is 22.8 Å². The topological polar surface area (TPSA) is 72.8 Å². The Morgan fingerprint density at radius 1 is 1.14 bits per heavy atom. The molecule has 6 heteroatoms. The van der Waals surface area contributed by atoms with Gasteiger partial charge in [-0.25, -0.2) is 4.79 Å². The highest BCUT2D eigenvalue weighted by Gasteiger charge is 2.15. The Kier molecular flexibility index (Phi) is 5.01. The Bertz CT molecular complexity index is 684. The van der Waals surface area contributed by atoms with Crippen molar-refractivity contribution < 1.29 is 24.2 Å².